The topological polar surface area (TPSA) is 119 Å². The van der Waals surface area contributed by atoms with Crippen molar-refractivity contribution in [3.63, 3.8) is 0 Å². The number of nitrogens with zero attached hydrogens (tertiary/aromatic N) is 3. The zero-order chi connectivity index (χ0) is 29.8. The number of hydrogen-bond donors (Lipinski definition) is 2. The molecule has 3 heterocycles. The summed E-state index contributed by atoms with van der Waals surface area (Å²) in [6, 6.07) is 20.8. The van der Waals surface area contributed by atoms with Crippen LogP contribution in [0.1, 0.15) is 11.3 Å². The molecule has 222 valence electrons. The van der Waals surface area contributed by atoms with Crippen LogP contribution in [0, 0.1) is 5.82 Å². The lowest BCUT2D eigenvalue weighted by atomic mass is 10.1. The highest BCUT2D eigenvalue weighted by Crippen LogP contribution is 2.33. The number of aromatic nitrogens is 2. The number of sulfonamides is 1. The van der Waals surface area contributed by atoms with Crippen molar-refractivity contribution >= 4 is 38.1 Å². The normalized spacial score (nSPS) is 14.1. The molecule has 1 saturated heterocycles. The van der Waals surface area contributed by atoms with Crippen LogP contribution in [0.15, 0.2) is 83.5 Å². The lowest BCUT2D eigenvalue weighted by Gasteiger charge is -2.25. The van der Waals surface area contributed by atoms with Gasteiger partial charge in [-0.3, -0.25) is 9.62 Å². The Morgan fingerprint density at radius 1 is 1.00 bits per heavy atom. The largest absolute Gasteiger partial charge is 0.487 e. The zero-order valence-electron chi connectivity index (χ0n) is 23.4. The molecule has 0 amide bonds. The highest BCUT2D eigenvalue weighted by atomic mass is 32.2. The van der Waals surface area contributed by atoms with Gasteiger partial charge in [-0.2, -0.15) is 0 Å². The Morgan fingerprint density at radius 2 is 1.86 bits per heavy atom. The van der Waals surface area contributed by atoms with E-state index in [1.165, 1.54) is 18.5 Å². The molecule has 0 spiro atoms. The van der Waals surface area contributed by atoms with Gasteiger partial charge in [-0.25, -0.2) is 22.8 Å². The van der Waals surface area contributed by atoms with E-state index < -0.39 is 10.0 Å². The average Bonchev–Trinajstić information content (AvgIpc) is 3.45. The molecule has 6 rings (SSSR count). The highest BCUT2D eigenvalue weighted by molar-refractivity contribution is 7.92. The van der Waals surface area contributed by atoms with Gasteiger partial charge in [-0.1, -0.05) is 12.1 Å². The monoisotopic (exact) mass is 603 g/mol. The van der Waals surface area contributed by atoms with Crippen molar-refractivity contribution < 1.29 is 26.7 Å². The molecule has 0 saturated carbocycles. The van der Waals surface area contributed by atoms with Crippen LogP contribution in [0.25, 0.3) is 22.2 Å². The van der Waals surface area contributed by atoms with E-state index >= 15 is 0 Å². The number of benzene rings is 3. The maximum Gasteiger partial charge on any atom is 0.229 e. The van der Waals surface area contributed by atoms with E-state index in [9.17, 15) is 12.8 Å². The Balaban J connectivity index is 1.25. The Bertz CT molecular complexity index is 1860. The smallest absolute Gasteiger partial charge is 0.229 e. The second kappa shape index (κ2) is 12.4. The lowest BCUT2D eigenvalue weighted by Crippen LogP contribution is -2.35. The summed E-state index contributed by atoms with van der Waals surface area (Å²) in [6.45, 7) is 3.98. The van der Waals surface area contributed by atoms with E-state index in [0.29, 0.717) is 22.8 Å². The predicted octanol–water partition coefficient (Wildman–Crippen LogP) is 5.56. The number of ether oxygens (including phenoxy) is 2. The van der Waals surface area contributed by atoms with Crippen LogP contribution in [-0.4, -0.2) is 55.8 Å². The Morgan fingerprint density at radius 3 is 2.67 bits per heavy atom. The van der Waals surface area contributed by atoms with Crippen molar-refractivity contribution in [2.75, 3.05) is 42.6 Å². The molecule has 2 N–H and O–H groups in total. The number of hydrogen-bond acceptors (Lipinski definition) is 9. The first kappa shape index (κ1) is 28.6. The van der Waals surface area contributed by atoms with Crippen molar-refractivity contribution in [1.29, 1.82) is 0 Å². The number of fused-ring (bicyclic) bond motifs is 1. The van der Waals surface area contributed by atoms with Gasteiger partial charge in [0.2, 0.25) is 10.0 Å². The molecule has 1 fully saturated rings. The van der Waals surface area contributed by atoms with Crippen LogP contribution < -0.4 is 14.8 Å². The maximum atomic E-state index is 13.6. The summed E-state index contributed by atoms with van der Waals surface area (Å²) >= 11 is 0. The van der Waals surface area contributed by atoms with Gasteiger partial charge >= 0.3 is 0 Å². The van der Waals surface area contributed by atoms with E-state index in [2.05, 4.69) is 24.9 Å². The van der Waals surface area contributed by atoms with Crippen LogP contribution >= 0.6 is 0 Å². The van der Waals surface area contributed by atoms with Crippen LogP contribution in [0.3, 0.4) is 0 Å². The third kappa shape index (κ3) is 7.28. The summed E-state index contributed by atoms with van der Waals surface area (Å²) < 4.78 is 57.8. The molecule has 1 aliphatic rings. The molecule has 2 aromatic heterocycles. The standard InChI is InChI=1S/C31H30FN5O5S/c1-43(38,39)36-28-17-24(6-9-30(28)41-19-21-3-2-4-23(32)15-21)35-31-26-16-22(5-8-27(26)33-20-34-31)29-10-7-25(42-29)18-37-11-13-40-14-12-37/h2-10,15-17,20,36H,11-14,18-19H2,1H3,(H,33,34,35). The minimum absolute atomic E-state index is 0.0588. The summed E-state index contributed by atoms with van der Waals surface area (Å²) in [4.78, 5) is 11.2. The van der Waals surface area contributed by atoms with Gasteiger partial charge in [0, 0.05) is 29.7 Å². The fourth-order valence-corrected chi connectivity index (χ4v) is 5.40. The fraction of sp³-hybridized carbons (Fsp3) is 0.226. The molecule has 5 aromatic rings. The van der Waals surface area contributed by atoms with Gasteiger partial charge in [-0.05, 0) is 66.2 Å². The van der Waals surface area contributed by atoms with Crippen molar-refractivity contribution in [1.82, 2.24) is 14.9 Å². The first-order valence-electron chi connectivity index (χ1n) is 13.7. The van der Waals surface area contributed by atoms with Gasteiger partial charge in [0.05, 0.1) is 37.2 Å². The summed E-state index contributed by atoms with van der Waals surface area (Å²) in [5, 5.41) is 4.04. The average molecular weight is 604 g/mol. The van der Waals surface area contributed by atoms with E-state index in [-0.39, 0.29) is 18.1 Å². The number of halogens is 1. The molecule has 1 aliphatic heterocycles. The van der Waals surface area contributed by atoms with Gasteiger partial charge in [0.25, 0.3) is 0 Å². The van der Waals surface area contributed by atoms with Crippen LogP contribution in [0.5, 0.6) is 5.75 Å². The molecule has 0 unspecified atom stereocenters. The van der Waals surface area contributed by atoms with Gasteiger partial charge in [0.15, 0.2) is 0 Å². The molecule has 0 radical (unpaired) electrons. The first-order chi connectivity index (χ1) is 20.8. The fourth-order valence-electron chi connectivity index (χ4n) is 4.84. The van der Waals surface area contributed by atoms with Gasteiger partial charge < -0.3 is 19.2 Å². The first-order valence-corrected chi connectivity index (χ1v) is 15.6. The number of morpholine rings is 1. The maximum absolute atomic E-state index is 13.6. The van der Waals surface area contributed by atoms with E-state index in [1.807, 2.05) is 30.3 Å². The van der Waals surface area contributed by atoms with Crippen LogP contribution in [0.2, 0.25) is 0 Å². The minimum Gasteiger partial charge on any atom is -0.487 e. The number of nitrogens with one attached hydrogen (secondary N) is 2. The molecule has 0 bridgehead atoms. The molecule has 0 atom stereocenters. The lowest BCUT2D eigenvalue weighted by molar-refractivity contribution is 0.0314. The highest BCUT2D eigenvalue weighted by Gasteiger charge is 2.16. The second-order valence-corrected chi connectivity index (χ2v) is 12.0. The molecule has 3 aromatic carbocycles. The van der Waals surface area contributed by atoms with Crippen molar-refractivity contribution in [2.24, 2.45) is 0 Å². The Labute approximate surface area is 248 Å². The van der Waals surface area contributed by atoms with E-state index in [1.54, 1.807) is 30.3 Å². The zero-order valence-corrected chi connectivity index (χ0v) is 24.2. The molecular weight excluding hydrogens is 573 g/mol. The van der Waals surface area contributed by atoms with Gasteiger partial charge in [-0.15, -0.1) is 0 Å². The van der Waals surface area contributed by atoms with Crippen LogP contribution in [0.4, 0.5) is 21.6 Å². The molecule has 43 heavy (non-hydrogen) atoms. The van der Waals surface area contributed by atoms with Crippen molar-refractivity contribution in [2.45, 2.75) is 13.2 Å². The number of anilines is 3. The quantitative estimate of drug-likeness (QED) is 0.212. The summed E-state index contributed by atoms with van der Waals surface area (Å²) in [5.74, 6) is 2.06. The Hall–Kier alpha value is -4.52. The van der Waals surface area contributed by atoms with E-state index in [0.717, 1.165) is 67.1 Å². The summed E-state index contributed by atoms with van der Waals surface area (Å²) in [7, 11) is -3.62. The summed E-state index contributed by atoms with van der Waals surface area (Å²) in [6.07, 6.45) is 2.52. The van der Waals surface area contributed by atoms with Gasteiger partial charge in [0.1, 0.15) is 41.8 Å². The van der Waals surface area contributed by atoms with Crippen molar-refractivity contribution in [3.8, 4) is 17.1 Å². The molecule has 0 aliphatic carbocycles. The van der Waals surface area contributed by atoms with E-state index in [4.69, 9.17) is 13.9 Å². The van der Waals surface area contributed by atoms with Crippen molar-refractivity contribution in [3.05, 3.63) is 96.3 Å². The molecular formula is C31H30FN5O5S. The SMILES string of the molecule is CS(=O)(=O)Nc1cc(Nc2ncnc3ccc(-c4ccc(CN5CCOCC5)o4)cc23)ccc1OCc1cccc(F)c1. The third-order valence-corrected chi connectivity index (χ3v) is 7.48. The molecule has 12 heteroatoms. The second-order valence-electron chi connectivity index (χ2n) is 10.2. The third-order valence-electron chi connectivity index (χ3n) is 6.89. The minimum atomic E-state index is -3.62. The number of rotatable bonds is 10. The van der Waals surface area contributed by atoms with Crippen LogP contribution in [-0.2, 0) is 27.9 Å². The number of furan rings is 1. The molecule has 10 nitrogen and oxygen atoms in total. The predicted molar refractivity (Wildman–Crippen MR) is 162 cm³/mol. The summed E-state index contributed by atoms with van der Waals surface area (Å²) in [5.41, 5.74) is 3.01. The Kier molecular flexibility index (Phi) is 8.23.